The first-order chi connectivity index (χ1) is 6.02. The topological polar surface area (TPSA) is 0 Å². The van der Waals surface area contributed by atoms with Crippen molar-refractivity contribution in [2.75, 3.05) is 0 Å². The third-order valence-electron chi connectivity index (χ3n) is 1.86. The monoisotopic (exact) mass is 198 g/mol. The number of halogens is 3. The molecule has 0 heterocycles. The highest BCUT2D eigenvalue weighted by molar-refractivity contribution is 4.65. The Labute approximate surface area is 79.5 Å². The zero-order chi connectivity index (χ0) is 10.9. The van der Waals surface area contributed by atoms with Gasteiger partial charge >= 0.3 is 6.18 Å². The lowest BCUT2D eigenvalue weighted by atomic mass is 9.99. The number of rotatable bonds is 4. The molecule has 0 N–H and O–H groups in total. The Balaban J connectivity index is 0. The van der Waals surface area contributed by atoms with Gasteiger partial charge in [0.15, 0.2) is 0 Å². The summed E-state index contributed by atoms with van der Waals surface area (Å²) in [5.41, 5.74) is 0. The zero-order valence-electron chi connectivity index (χ0n) is 9.04. The SMILES string of the molecule is CC.CCCCC(CC)C(F)(F)F. The molecule has 0 radical (unpaired) electrons. The molecular formula is C10H21F3. The maximum atomic E-state index is 12.0. The van der Waals surface area contributed by atoms with Crippen LogP contribution in [0.3, 0.4) is 0 Å². The van der Waals surface area contributed by atoms with Crippen molar-refractivity contribution in [3.8, 4) is 0 Å². The molecule has 1 unspecified atom stereocenters. The molecular weight excluding hydrogens is 177 g/mol. The smallest absolute Gasteiger partial charge is 0.171 e. The van der Waals surface area contributed by atoms with Crippen LogP contribution in [0.4, 0.5) is 13.2 Å². The lowest BCUT2D eigenvalue weighted by Crippen LogP contribution is -2.21. The van der Waals surface area contributed by atoms with Gasteiger partial charge in [0.1, 0.15) is 0 Å². The van der Waals surface area contributed by atoms with Crippen molar-refractivity contribution in [1.29, 1.82) is 0 Å². The summed E-state index contributed by atoms with van der Waals surface area (Å²) in [5.74, 6) is -1.08. The summed E-state index contributed by atoms with van der Waals surface area (Å²) in [5, 5.41) is 0. The Kier molecular flexibility index (Phi) is 9.86. The van der Waals surface area contributed by atoms with Crippen molar-refractivity contribution in [3.63, 3.8) is 0 Å². The van der Waals surface area contributed by atoms with Gasteiger partial charge in [-0.25, -0.2) is 0 Å². The molecule has 0 aliphatic heterocycles. The van der Waals surface area contributed by atoms with E-state index in [-0.39, 0.29) is 12.8 Å². The predicted molar refractivity (Wildman–Crippen MR) is 50.7 cm³/mol. The Hall–Kier alpha value is -0.210. The number of hydrogen-bond donors (Lipinski definition) is 0. The molecule has 82 valence electrons. The first-order valence-electron chi connectivity index (χ1n) is 5.09. The third kappa shape index (κ3) is 8.13. The molecule has 0 aliphatic carbocycles. The fourth-order valence-electron chi connectivity index (χ4n) is 1.05. The van der Waals surface area contributed by atoms with E-state index in [1.54, 1.807) is 6.92 Å². The van der Waals surface area contributed by atoms with E-state index in [0.717, 1.165) is 6.42 Å². The molecule has 13 heavy (non-hydrogen) atoms. The summed E-state index contributed by atoms with van der Waals surface area (Å²) in [7, 11) is 0. The van der Waals surface area contributed by atoms with E-state index < -0.39 is 12.1 Å². The molecule has 0 aromatic carbocycles. The average Bonchev–Trinajstić information content (AvgIpc) is 2.07. The van der Waals surface area contributed by atoms with Crippen LogP contribution in [0.2, 0.25) is 0 Å². The molecule has 1 atom stereocenters. The maximum absolute atomic E-state index is 12.0. The highest BCUT2D eigenvalue weighted by atomic mass is 19.4. The van der Waals surface area contributed by atoms with Crippen LogP contribution in [-0.2, 0) is 0 Å². The van der Waals surface area contributed by atoms with Crippen molar-refractivity contribution >= 4 is 0 Å². The van der Waals surface area contributed by atoms with Crippen LogP contribution in [-0.4, -0.2) is 6.18 Å². The molecule has 0 aromatic heterocycles. The van der Waals surface area contributed by atoms with Crippen LogP contribution < -0.4 is 0 Å². The van der Waals surface area contributed by atoms with Crippen molar-refractivity contribution in [1.82, 2.24) is 0 Å². The summed E-state index contributed by atoms with van der Waals surface area (Å²) in [6.45, 7) is 7.50. The number of hydrogen-bond acceptors (Lipinski definition) is 0. The number of unbranched alkanes of at least 4 members (excludes halogenated alkanes) is 1. The molecule has 0 aliphatic rings. The summed E-state index contributed by atoms with van der Waals surface area (Å²) in [6.07, 6.45) is -1.96. The summed E-state index contributed by atoms with van der Waals surface area (Å²) >= 11 is 0. The second kappa shape index (κ2) is 8.39. The second-order valence-corrected chi connectivity index (χ2v) is 2.79. The van der Waals surface area contributed by atoms with Crippen molar-refractivity contribution in [3.05, 3.63) is 0 Å². The molecule has 0 saturated heterocycles. The zero-order valence-corrected chi connectivity index (χ0v) is 9.04. The Morgan fingerprint density at radius 3 is 1.77 bits per heavy atom. The lowest BCUT2D eigenvalue weighted by Gasteiger charge is -2.17. The minimum Gasteiger partial charge on any atom is -0.171 e. The summed E-state index contributed by atoms with van der Waals surface area (Å²) < 4.78 is 36.1. The maximum Gasteiger partial charge on any atom is 0.391 e. The minimum absolute atomic E-state index is 0.212. The lowest BCUT2D eigenvalue weighted by molar-refractivity contribution is -0.177. The molecule has 0 spiro atoms. The Morgan fingerprint density at radius 1 is 1.08 bits per heavy atom. The average molecular weight is 198 g/mol. The molecule has 0 rings (SSSR count). The van der Waals surface area contributed by atoms with Gasteiger partial charge < -0.3 is 0 Å². The van der Waals surface area contributed by atoms with Crippen LogP contribution in [0.25, 0.3) is 0 Å². The van der Waals surface area contributed by atoms with Crippen LogP contribution in [0.5, 0.6) is 0 Å². The van der Waals surface area contributed by atoms with Crippen LogP contribution in [0, 0.1) is 5.92 Å². The fraction of sp³-hybridized carbons (Fsp3) is 1.00. The largest absolute Gasteiger partial charge is 0.391 e. The molecule has 0 amide bonds. The first kappa shape index (κ1) is 15.3. The van der Waals surface area contributed by atoms with Crippen LogP contribution in [0.1, 0.15) is 53.4 Å². The van der Waals surface area contributed by atoms with Crippen molar-refractivity contribution in [2.24, 2.45) is 5.92 Å². The van der Waals surface area contributed by atoms with Gasteiger partial charge in [0.05, 0.1) is 5.92 Å². The number of alkyl halides is 3. The first-order valence-corrected chi connectivity index (χ1v) is 5.09. The van der Waals surface area contributed by atoms with Gasteiger partial charge in [-0.1, -0.05) is 40.5 Å². The van der Waals surface area contributed by atoms with Crippen LogP contribution in [0.15, 0.2) is 0 Å². The van der Waals surface area contributed by atoms with Crippen molar-refractivity contribution < 1.29 is 13.2 Å². The predicted octanol–water partition coefficient (Wildman–Crippen LogP) is 4.79. The Morgan fingerprint density at radius 2 is 1.54 bits per heavy atom. The van der Waals surface area contributed by atoms with Gasteiger partial charge in [-0.05, 0) is 12.8 Å². The van der Waals surface area contributed by atoms with E-state index >= 15 is 0 Å². The van der Waals surface area contributed by atoms with E-state index in [0.29, 0.717) is 6.42 Å². The van der Waals surface area contributed by atoms with Gasteiger partial charge in [-0.15, -0.1) is 0 Å². The third-order valence-corrected chi connectivity index (χ3v) is 1.86. The highest BCUT2D eigenvalue weighted by Crippen LogP contribution is 2.32. The summed E-state index contributed by atoms with van der Waals surface area (Å²) in [6, 6.07) is 0. The van der Waals surface area contributed by atoms with Gasteiger partial charge in [-0.3, -0.25) is 0 Å². The molecule has 0 nitrogen and oxygen atoms in total. The molecule has 0 fully saturated rings. The van der Waals surface area contributed by atoms with E-state index in [4.69, 9.17) is 0 Å². The molecule has 0 aromatic rings. The van der Waals surface area contributed by atoms with Crippen LogP contribution >= 0.6 is 0 Å². The minimum atomic E-state index is -3.98. The van der Waals surface area contributed by atoms with Gasteiger partial charge in [0.2, 0.25) is 0 Å². The van der Waals surface area contributed by atoms with E-state index in [1.165, 1.54) is 0 Å². The van der Waals surface area contributed by atoms with E-state index in [9.17, 15) is 13.2 Å². The molecule has 0 saturated carbocycles. The van der Waals surface area contributed by atoms with Gasteiger partial charge in [0.25, 0.3) is 0 Å². The van der Waals surface area contributed by atoms with Crippen molar-refractivity contribution in [2.45, 2.75) is 59.6 Å². The highest BCUT2D eigenvalue weighted by Gasteiger charge is 2.37. The molecule has 3 heteroatoms. The quantitative estimate of drug-likeness (QED) is 0.609. The molecule has 0 bridgehead atoms. The normalized spacial score (nSPS) is 13.2. The second-order valence-electron chi connectivity index (χ2n) is 2.79. The van der Waals surface area contributed by atoms with Gasteiger partial charge in [0, 0.05) is 0 Å². The van der Waals surface area contributed by atoms with E-state index in [1.807, 2.05) is 20.8 Å². The summed E-state index contributed by atoms with van der Waals surface area (Å²) in [4.78, 5) is 0. The van der Waals surface area contributed by atoms with Gasteiger partial charge in [-0.2, -0.15) is 13.2 Å². The van der Waals surface area contributed by atoms with E-state index in [2.05, 4.69) is 0 Å². The Bertz CT molecular complexity index is 96.8. The standard InChI is InChI=1S/C8H15F3.C2H6/c1-3-5-6-7(4-2)8(9,10)11;1-2/h7H,3-6H2,1-2H3;1-2H3. The fourth-order valence-corrected chi connectivity index (χ4v) is 1.05.